The number of thioether (sulfide) groups is 1. The third kappa shape index (κ3) is 2.99. The number of sulfone groups is 1. The number of carboxylic acids is 1. The fourth-order valence-electron chi connectivity index (χ4n) is 2.54. The fraction of sp³-hybridized carbons (Fsp3) is 0.417. The minimum absolute atomic E-state index is 0.214. The molecule has 3 N–H and O–H groups in total. The minimum atomic E-state index is -3.29. The van der Waals surface area contributed by atoms with Crippen molar-refractivity contribution in [2.45, 2.75) is 16.7 Å². The van der Waals surface area contributed by atoms with Crippen LogP contribution >= 0.6 is 35.3 Å². The van der Waals surface area contributed by atoms with Crippen molar-refractivity contribution in [2.24, 2.45) is 5.73 Å². The summed E-state index contributed by atoms with van der Waals surface area (Å²) in [5.74, 6) is -1.92. The lowest BCUT2D eigenvalue weighted by atomic mass is 9.89. The van der Waals surface area contributed by atoms with Crippen LogP contribution in [0.4, 0.5) is 0 Å². The first kappa shape index (κ1) is 18.4. The van der Waals surface area contributed by atoms with Crippen molar-refractivity contribution in [2.75, 3.05) is 12.0 Å². The highest BCUT2D eigenvalue weighted by molar-refractivity contribution is 8.00. The maximum Gasteiger partial charge on any atom is 0.353 e. The SMILES string of the molecule is CS(=O)(=O)Cc1nnc(C2=C(C(=O)O)N3C(=O)C(N)(C=S)[C@@H]3SC2)s1. The molecule has 0 aromatic carbocycles. The molecule has 0 radical (unpaired) electrons. The smallest absolute Gasteiger partial charge is 0.353 e. The summed E-state index contributed by atoms with van der Waals surface area (Å²) in [6, 6.07) is 0. The molecular formula is C12H12N4O5S4. The van der Waals surface area contributed by atoms with Gasteiger partial charge in [0.1, 0.15) is 26.8 Å². The zero-order valence-electron chi connectivity index (χ0n) is 12.7. The van der Waals surface area contributed by atoms with Crippen LogP contribution in [0.2, 0.25) is 0 Å². The molecule has 1 aromatic heterocycles. The van der Waals surface area contributed by atoms with E-state index in [9.17, 15) is 23.1 Å². The Morgan fingerprint density at radius 2 is 2.24 bits per heavy atom. The maximum atomic E-state index is 12.3. The lowest BCUT2D eigenvalue weighted by molar-refractivity contribution is -0.150. The predicted octanol–water partition coefficient (Wildman–Crippen LogP) is -0.509. The first-order chi connectivity index (χ1) is 11.6. The number of carbonyl (C=O) groups is 2. The molecular weight excluding hydrogens is 408 g/mol. The molecule has 1 unspecified atom stereocenters. The van der Waals surface area contributed by atoms with Gasteiger partial charge in [-0.3, -0.25) is 9.69 Å². The molecule has 2 aliphatic rings. The van der Waals surface area contributed by atoms with Gasteiger partial charge in [-0.15, -0.1) is 22.0 Å². The number of carboxylic acid groups (broad SMARTS) is 1. The van der Waals surface area contributed by atoms with Gasteiger partial charge in [-0.2, -0.15) is 0 Å². The number of nitrogens with zero attached hydrogens (tertiary/aromatic N) is 3. The van der Waals surface area contributed by atoms with E-state index in [1.54, 1.807) is 0 Å². The Kier molecular flexibility index (Phi) is 4.48. The van der Waals surface area contributed by atoms with Gasteiger partial charge in [0.25, 0.3) is 5.91 Å². The maximum absolute atomic E-state index is 12.3. The van der Waals surface area contributed by atoms with E-state index < -0.39 is 32.6 Å². The summed E-state index contributed by atoms with van der Waals surface area (Å²) in [4.78, 5) is 25.1. The Morgan fingerprint density at radius 1 is 1.56 bits per heavy atom. The van der Waals surface area contributed by atoms with Gasteiger partial charge in [-0.25, -0.2) is 13.2 Å². The topological polar surface area (TPSA) is 144 Å². The van der Waals surface area contributed by atoms with E-state index in [2.05, 4.69) is 10.2 Å². The molecule has 1 saturated heterocycles. The highest BCUT2D eigenvalue weighted by atomic mass is 32.2. The van der Waals surface area contributed by atoms with Crippen LogP contribution in [-0.2, 0) is 25.2 Å². The Balaban J connectivity index is 2.02. The molecule has 2 aliphatic heterocycles. The molecule has 25 heavy (non-hydrogen) atoms. The lowest BCUT2D eigenvalue weighted by Gasteiger charge is -2.53. The third-order valence-corrected chi connectivity index (χ3v) is 7.38. The summed E-state index contributed by atoms with van der Waals surface area (Å²) < 4.78 is 22.7. The number of amides is 1. The molecule has 3 heterocycles. The van der Waals surface area contributed by atoms with E-state index in [-0.39, 0.29) is 27.2 Å². The zero-order chi connectivity index (χ0) is 18.6. The van der Waals surface area contributed by atoms with Crippen LogP contribution in [0.5, 0.6) is 0 Å². The number of hydrogen-bond donors (Lipinski definition) is 2. The van der Waals surface area contributed by atoms with Crippen LogP contribution < -0.4 is 5.73 Å². The van der Waals surface area contributed by atoms with Gasteiger partial charge >= 0.3 is 5.97 Å². The molecule has 2 atom stereocenters. The minimum Gasteiger partial charge on any atom is -0.477 e. The molecule has 1 amide bonds. The van der Waals surface area contributed by atoms with Gasteiger partial charge in [-0.1, -0.05) is 23.6 Å². The van der Waals surface area contributed by atoms with E-state index in [1.807, 2.05) is 0 Å². The Labute approximate surface area is 156 Å². The number of fused-ring (bicyclic) bond motifs is 1. The molecule has 13 heteroatoms. The predicted molar refractivity (Wildman–Crippen MR) is 96.7 cm³/mol. The zero-order valence-corrected chi connectivity index (χ0v) is 16.0. The number of thiocarbonyl (C=S) groups is 1. The van der Waals surface area contributed by atoms with E-state index >= 15 is 0 Å². The van der Waals surface area contributed by atoms with E-state index in [4.69, 9.17) is 18.0 Å². The van der Waals surface area contributed by atoms with Crippen LogP contribution in [0, 0.1) is 0 Å². The van der Waals surface area contributed by atoms with Gasteiger partial charge in [0.15, 0.2) is 15.4 Å². The van der Waals surface area contributed by atoms with Gasteiger partial charge in [0.2, 0.25) is 0 Å². The number of rotatable bonds is 5. The quantitative estimate of drug-likeness (QED) is 0.472. The lowest BCUT2D eigenvalue weighted by Crippen LogP contribution is -2.78. The largest absolute Gasteiger partial charge is 0.477 e. The third-order valence-electron chi connectivity index (χ3n) is 3.65. The molecule has 0 bridgehead atoms. The molecule has 1 aromatic rings. The number of aromatic nitrogens is 2. The fourth-order valence-corrected chi connectivity index (χ4v) is 6.40. The van der Waals surface area contributed by atoms with Crippen LogP contribution in [0.3, 0.4) is 0 Å². The van der Waals surface area contributed by atoms with E-state index in [0.29, 0.717) is 5.57 Å². The standard InChI is InChI=1S/C12H12N4O5S4/c1-25(20,21)3-6-14-15-8(24-6)5-2-23-11-12(13,4-22)10(19)16(11)7(5)9(17)18/h4,11H,2-3,13H2,1H3,(H,17,18)/t11-,12?/m0/s1. The second kappa shape index (κ2) is 6.09. The molecule has 9 nitrogen and oxygen atoms in total. The van der Waals surface area contributed by atoms with Crippen molar-refractivity contribution < 1.29 is 23.1 Å². The van der Waals surface area contributed by atoms with Crippen molar-refractivity contribution in [3.8, 4) is 0 Å². The van der Waals surface area contributed by atoms with Gasteiger partial charge < -0.3 is 10.8 Å². The summed E-state index contributed by atoms with van der Waals surface area (Å²) in [6.07, 6.45) is 1.07. The van der Waals surface area contributed by atoms with E-state index in [1.165, 1.54) is 11.8 Å². The number of hydrogen-bond acceptors (Lipinski definition) is 10. The summed E-state index contributed by atoms with van der Waals surface area (Å²) in [5.41, 5.74) is 4.67. The van der Waals surface area contributed by atoms with Gasteiger partial charge in [0, 0.05) is 22.9 Å². The van der Waals surface area contributed by atoms with E-state index in [0.717, 1.165) is 27.9 Å². The number of carbonyl (C=O) groups excluding carboxylic acids is 1. The number of aliphatic carboxylic acids is 1. The normalized spacial score (nSPS) is 26.2. The summed E-state index contributed by atoms with van der Waals surface area (Å²) in [5, 5.41) is 18.4. The molecule has 0 aliphatic carbocycles. The van der Waals surface area contributed by atoms with Crippen molar-refractivity contribution in [3.05, 3.63) is 15.7 Å². The van der Waals surface area contributed by atoms with Crippen molar-refractivity contribution in [1.82, 2.24) is 15.1 Å². The van der Waals surface area contributed by atoms with Crippen LogP contribution in [0.15, 0.2) is 5.70 Å². The molecule has 3 rings (SSSR count). The second-order valence-corrected chi connectivity index (χ2v) is 10.1. The number of β-lactam (4-membered cyclic amide) rings is 1. The van der Waals surface area contributed by atoms with Crippen LogP contribution in [0.25, 0.3) is 5.57 Å². The molecule has 0 saturated carbocycles. The summed E-state index contributed by atoms with van der Waals surface area (Å²) in [6.45, 7) is 0. The highest BCUT2D eigenvalue weighted by Crippen LogP contribution is 2.46. The Morgan fingerprint density at radius 3 is 2.80 bits per heavy atom. The van der Waals surface area contributed by atoms with Gasteiger partial charge in [-0.05, 0) is 0 Å². The summed E-state index contributed by atoms with van der Waals surface area (Å²) >= 11 is 7.08. The monoisotopic (exact) mass is 420 g/mol. The van der Waals surface area contributed by atoms with Crippen molar-refractivity contribution in [3.63, 3.8) is 0 Å². The number of nitrogens with two attached hydrogens (primary N) is 1. The first-order valence-electron chi connectivity index (χ1n) is 6.76. The second-order valence-electron chi connectivity index (χ2n) is 5.59. The molecule has 1 fully saturated rings. The average Bonchev–Trinajstić information content (AvgIpc) is 2.98. The Bertz CT molecular complexity index is 924. The highest BCUT2D eigenvalue weighted by Gasteiger charge is 2.61. The van der Waals surface area contributed by atoms with Gasteiger partial charge in [0.05, 0.1) is 0 Å². The summed E-state index contributed by atoms with van der Waals surface area (Å²) in [7, 11) is -3.29. The van der Waals surface area contributed by atoms with Crippen LogP contribution in [0.1, 0.15) is 10.0 Å². The van der Waals surface area contributed by atoms with Crippen LogP contribution in [-0.4, -0.2) is 68.8 Å². The van der Waals surface area contributed by atoms with Crippen molar-refractivity contribution >= 4 is 68.0 Å². The van der Waals surface area contributed by atoms with Crippen molar-refractivity contribution in [1.29, 1.82) is 0 Å². The average molecular weight is 421 g/mol. The molecule has 0 spiro atoms. The first-order valence-corrected chi connectivity index (χ1v) is 11.2. The molecule has 134 valence electrons. The Hall–Kier alpha value is -1.41.